The summed E-state index contributed by atoms with van der Waals surface area (Å²) < 4.78 is 5.22. The van der Waals surface area contributed by atoms with Crippen LogP contribution in [-0.4, -0.2) is 33.7 Å². The molecule has 0 saturated heterocycles. The summed E-state index contributed by atoms with van der Waals surface area (Å²) in [6, 6.07) is 1.75. The van der Waals surface area contributed by atoms with E-state index in [4.69, 9.17) is 4.74 Å². The van der Waals surface area contributed by atoms with Crippen LogP contribution in [0.3, 0.4) is 0 Å². The number of rotatable bonds is 4. The second-order valence-corrected chi connectivity index (χ2v) is 5.94. The van der Waals surface area contributed by atoms with Crippen LogP contribution in [0.15, 0.2) is 18.5 Å². The van der Waals surface area contributed by atoms with Gasteiger partial charge in [0, 0.05) is 18.9 Å². The maximum atomic E-state index is 11.7. The number of nitrogens with one attached hydrogen (secondary N) is 2. The van der Waals surface area contributed by atoms with Gasteiger partial charge in [0.1, 0.15) is 5.60 Å². The minimum absolute atomic E-state index is 0.437. The molecule has 0 bridgehead atoms. The Labute approximate surface area is 114 Å². The molecule has 0 saturated carbocycles. The van der Waals surface area contributed by atoms with Gasteiger partial charge in [-0.05, 0) is 40.7 Å². The second-order valence-electron chi connectivity index (χ2n) is 5.94. The van der Waals surface area contributed by atoms with E-state index < -0.39 is 17.2 Å². The Morgan fingerprint density at radius 3 is 2.32 bits per heavy atom. The highest BCUT2D eigenvalue weighted by Crippen LogP contribution is 2.10. The van der Waals surface area contributed by atoms with Crippen molar-refractivity contribution < 1.29 is 9.53 Å². The van der Waals surface area contributed by atoms with Crippen LogP contribution in [0.1, 0.15) is 34.6 Å². The Morgan fingerprint density at radius 2 is 1.79 bits per heavy atom. The van der Waals surface area contributed by atoms with Crippen molar-refractivity contribution in [1.82, 2.24) is 15.3 Å². The Kier molecular flexibility index (Phi) is 4.69. The van der Waals surface area contributed by atoms with Crippen molar-refractivity contribution in [3.63, 3.8) is 0 Å². The summed E-state index contributed by atoms with van der Waals surface area (Å²) in [6.07, 6.45) is 2.88. The summed E-state index contributed by atoms with van der Waals surface area (Å²) in [4.78, 5) is 19.8. The molecule has 0 aliphatic rings. The van der Waals surface area contributed by atoms with Crippen molar-refractivity contribution in [2.45, 2.75) is 45.8 Å². The molecule has 0 fully saturated rings. The lowest BCUT2D eigenvalue weighted by atomic mass is 10.1. The average Bonchev–Trinajstić information content (AvgIpc) is 2.24. The van der Waals surface area contributed by atoms with Gasteiger partial charge in [-0.3, -0.25) is 0 Å². The first-order chi connectivity index (χ1) is 8.68. The number of carbonyl (C=O) groups is 1. The number of nitrogens with zero attached hydrogens (tertiary/aromatic N) is 2. The number of carbonyl (C=O) groups excluding carboxylic acids is 1. The van der Waals surface area contributed by atoms with Crippen molar-refractivity contribution in [1.29, 1.82) is 0 Å². The van der Waals surface area contributed by atoms with Gasteiger partial charge >= 0.3 is 6.09 Å². The molecule has 2 N–H and O–H groups in total. The Bertz CT molecular complexity index is 412. The summed E-state index contributed by atoms with van der Waals surface area (Å²) >= 11 is 0. The largest absolute Gasteiger partial charge is 0.444 e. The number of amides is 1. The molecule has 1 heterocycles. The average molecular weight is 266 g/mol. The minimum Gasteiger partial charge on any atom is -0.444 e. The zero-order valence-corrected chi connectivity index (χ0v) is 12.2. The van der Waals surface area contributed by atoms with E-state index in [1.807, 2.05) is 34.6 Å². The van der Waals surface area contributed by atoms with Gasteiger partial charge in [-0.15, -0.1) is 0 Å². The number of anilines is 1. The molecule has 0 atom stereocenters. The van der Waals surface area contributed by atoms with Crippen molar-refractivity contribution in [3.8, 4) is 0 Å². The van der Waals surface area contributed by atoms with Crippen LogP contribution >= 0.6 is 0 Å². The molecule has 0 unspecified atom stereocenters. The molecule has 1 amide bonds. The van der Waals surface area contributed by atoms with Gasteiger partial charge in [0.25, 0.3) is 0 Å². The molecule has 0 aliphatic heterocycles. The van der Waals surface area contributed by atoms with E-state index in [0.717, 1.165) is 0 Å². The maximum absolute atomic E-state index is 11.7. The van der Waals surface area contributed by atoms with Crippen molar-refractivity contribution in [2.24, 2.45) is 0 Å². The lowest BCUT2D eigenvalue weighted by molar-refractivity contribution is 0.0478. The third kappa shape index (κ3) is 6.59. The highest BCUT2D eigenvalue weighted by Gasteiger charge is 2.24. The predicted molar refractivity (Wildman–Crippen MR) is 74.0 cm³/mol. The monoisotopic (exact) mass is 266 g/mol. The molecule has 19 heavy (non-hydrogen) atoms. The maximum Gasteiger partial charge on any atom is 0.408 e. The number of ether oxygens (including phenoxy) is 1. The van der Waals surface area contributed by atoms with Gasteiger partial charge in [-0.25, -0.2) is 14.8 Å². The van der Waals surface area contributed by atoms with E-state index in [2.05, 4.69) is 20.6 Å². The normalized spacial score (nSPS) is 11.8. The topological polar surface area (TPSA) is 76.1 Å². The summed E-state index contributed by atoms with van der Waals surface area (Å²) in [5.41, 5.74) is -0.975. The molecule has 0 radical (unpaired) electrons. The quantitative estimate of drug-likeness (QED) is 0.873. The van der Waals surface area contributed by atoms with Crippen LogP contribution < -0.4 is 10.6 Å². The number of hydrogen-bond acceptors (Lipinski definition) is 5. The van der Waals surface area contributed by atoms with Crippen LogP contribution in [0.2, 0.25) is 0 Å². The molecule has 0 aromatic carbocycles. The van der Waals surface area contributed by atoms with Crippen LogP contribution in [0.5, 0.6) is 0 Å². The van der Waals surface area contributed by atoms with Crippen LogP contribution in [0, 0.1) is 0 Å². The lowest BCUT2D eigenvalue weighted by Gasteiger charge is -2.28. The third-order valence-electron chi connectivity index (χ3n) is 2.09. The van der Waals surface area contributed by atoms with Crippen LogP contribution in [0.4, 0.5) is 10.7 Å². The van der Waals surface area contributed by atoms with Gasteiger partial charge in [-0.2, -0.15) is 0 Å². The first-order valence-electron chi connectivity index (χ1n) is 6.20. The fourth-order valence-electron chi connectivity index (χ4n) is 1.31. The molecule has 1 aromatic rings. The second kappa shape index (κ2) is 5.86. The molecule has 0 spiro atoms. The summed E-state index contributed by atoms with van der Waals surface area (Å²) in [5, 5.41) is 5.86. The molecule has 1 aromatic heterocycles. The third-order valence-corrected chi connectivity index (χ3v) is 2.09. The highest BCUT2D eigenvalue weighted by molar-refractivity contribution is 5.68. The Morgan fingerprint density at radius 1 is 1.21 bits per heavy atom. The molecule has 106 valence electrons. The van der Waals surface area contributed by atoms with Gasteiger partial charge in [0.2, 0.25) is 5.95 Å². The fourth-order valence-corrected chi connectivity index (χ4v) is 1.31. The molecule has 0 aliphatic carbocycles. The van der Waals surface area contributed by atoms with Gasteiger partial charge in [-0.1, -0.05) is 0 Å². The Hall–Kier alpha value is -1.85. The van der Waals surface area contributed by atoms with Crippen molar-refractivity contribution in [3.05, 3.63) is 18.5 Å². The number of hydrogen-bond donors (Lipinski definition) is 2. The molecular formula is C13H22N4O2. The summed E-state index contributed by atoms with van der Waals surface area (Å²) in [7, 11) is 0. The zero-order chi connectivity index (χ0) is 14.5. The van der Waals surface area contributed by atoms with Crippen LogP contribution in [0.25, 0.3) is 0 Å². The molecule has 6 nitrogen and oxygen atoms in total. The standard InChI is InChI=1S/C13H22N4O2/c1-12(2,3)19-11(18)17-13(4,5)9-16-10-14-7-6-8-15-10/h6-8H,9H2,1-5H3,(H,17,18)(H,14,15,16). The van der Waals surface area contributed by atoms with Crippen LogP contribution in [-0.2, 0) is 4.74 Å². The molecular weight excluding hydrogens is 244 g/mol. The van der Waals surface area contributed by atoms with E-state index in [9.17, 15) is 4.79 Å². The zero-order valence-electron chi connectivity index (χ0n) is 12.2. The van der Waals surface area contributed by atoms with Gasteiger partial charge in [0.15, 0.2) is 0 Å². The van der Waals surface area contributed by atoms with Crippen molar-refractivity contribution in [2.75, 3.05) is 11.9 Å². The fraction of sp³-hybridized carbons (Fsp3) is 0.615. The minimum atomic E-state index is -0.504. The molecule has 6 heteroatoms. The lowest BCUT2D eigenvalue weighted by Crippen LogP contribution is -2.50. The smallest absolute Gasteiger partial charge is 0.408 e. The van der Waals surface area contributed by atoms with E-state index in [1.54, 1.807) is 18.5 Å². The van der Waals surface area contributed by atoms with E-state index in [0.29, 0.717) is 12.5 Å². The number of alkyl carbamates (subject to hydrolysis) is 1. The van der Waals surface area contributed by atoms with Gasteiger partial charge in [0.05, 0.1) is 5.54 Å². The first kappa shape index (κ1) is 15.2. The summed E-state index contributed by atoms with van der Waals surface area (Å²) in [6.45, 7) is 9.77. The van der Waals surface area contributed by atoms with E-state index in [-0.39, 0.29) is 0 Å². The van der Waals surface area contributed by atoms with Gasteiger partial charge < -0.3 is 15.4 Å². The Balaban J connectivity index is 2.45. The SMILES string of the molecule is CC(C)(CNc1ncccn1)NC(=O)OC(C)(C)C. The first-order valence-corrected chi connectivity index (χ1v) is 6.20. The van der Waals surface area contributed by atoms with E-state index >= 15 is 0 Å². The highest BCUT2D eigenvalue weighted by atomic mass is 16.6. The predicted octanol–water partition coefficient (Wildman–Crippen LogP) is 2.19. The number of aromatic nitrogens is 2. The molecule has 1 rings (SSSR count). The summed E-state index contributed by atoms with van der Waals surface area (Å²) in [5.74, 6) is 0.529. The van der Waals surface area contributed by atoms with E-state index in [1.165, 1.54) is 0 Å². The van der Waals surface area contributed by atoms with Crippen molar-refractivity contribution >= 4 is 12.0 Å².